The summed E-state index contributed by atoms with van der Waals surface area (Å²) in [6, 6.07) is 8.77. The molecule has 3 unspecified atom stereocenters. The third-order valence-electron chi connectivity index (χ3n) is 6.62. The van der Waals surface area contributed by atoms with E-state index in [1.54, 1.807) is 0 Å². The van der Waals surface area contributed by atoms with Crippen LogP contribution in [0.15, 0.2) is 43.0 Å². The first-order chi connectivity index (χ1) is 12.9. The van der Waals surface area contributed by atoms with E-state index in [2.05, 4.69) is 76.9 Å². The van der Waals surface area contributed by atoms with Crippen molar-refractivity contribution in [3.05, 3.63) is 54.1 Å². The minimum absolute atomic E-state index is 0.782. The molecular weight excluding hydrogens is 326 g/mol. The molecule has 27 heavy (non-hydrogen) atoms. The number of allylic oxidation sites excluding steroid dienone is 1. The van der Waals surface area contributed by atoms with Gasteiger partial charge in [-0.25, -0.2) is 0 Å². The average Bonchev–Trinajstić information content (AvgIpc) is 2.62. The first-order valence-electron chi connectivity index (χ1n) is 11.1. The predicted octanol–water partition coefficient (Wildman–Crippen LogP) is 7.20. The van der Waals surface area contributed by atoms with Gasteiger partial charge >= 0.3 is 0 Å². The highest BCUT2D eigenvalue weighted by molar-refractivity contribution is 5.65. The molecule has 1 aliphatic carbocycles. The second kappa shape index (κ2) is 10.2. The normalized spacial score (nSPS) is 22.7. The van der Waals surface area contributed by atoms with Crippen LogP contribution in [-0.2, 0) is 6.42 Å². The Bertz CT molecular complexity index is 623. The Labute approximate surface area is 168 Å². The number of hydrogen-bond donors (Lipinski definition) is 0. The fraction of sp³-hybridized carbons (Fsp3) is 0.615. The summed E-state index contributed by atoms with van der Waals surface area (Å²) in [7, 11) is 0. The van der Waals surface area contributed by atoms with Crippen LogP contribution in [0.2, 0.25) is 0 Å². The van der Waals surface area contributed by atoms with E-state index >= 15 is 0 Å². The molecule has 0 N–H and O–H groups in total. The summed E-state index contributed by atoms with van der Waals surface area (Å²) in [5.41, 5.74) is 5.21. The Kier molecular flexibility index (Phi) is 8.20. The Morgan fingerprint density at radius 3 is 2.41 bits per heavy atom. The summed E-state index contributed by atoms with van der Waals surface area (Å²) < 4.78 is 0. The highest BCUT2D eigenvalue weighted by Crippen LogP contribution is 2.41. The van der Waals surface area contributed by atoms with Crippen LogP contribution in [0.4, 0.5) is 0 Å². The van der Waals surface area contributed by atoms with Crippen molar-refractivity contribution < 1.29 is 0 Å². The third kappa shape index (κ3) is 5.74. The Morgan fingerprint density at radius 1 is 1.11 bits per heavy atom. The molecule has 1 nitrogen and oxygen atoms in total. The van der Waals surface area contributed by atoms with Crippen molar-refractivity contribution in [3.8, 4) is 0 Å². The van der Waals surface area contributed by atoms with Gasteiger partial charge in [-0.2, -0.15) is 0 Å². The predicted molar refractivity (Wildman–Crippen MR) is 121 cm³/mol. The van der Waals surface area contributed by atoms with Gasteiger partial charge in [0.1, 0.15) is 0 Å². The minimum Gasteiger partial charge on any atom is -0.372 e. The molecule has 3 atom stereocenters. The van der Waals surface area contributed by atoms with Crippen molar-refractivity contribution in [1.29, 1.82) is 0 Å². The first kappa shape index (κ1) is 21.8. The molecule has 1 aromatic carbocycles. The van der Waals surface area contributed by atoms with Crippen LogP contribution < -0.4 is 0 Å². The van der Waals surface area contributed by atoms with E-state index in [0.29, 0.717) is 0 Å². The Hall–Kier alpha value is -1.50. The molecule has 1 aliphatic rings. The molecule has 1 heteroatoms. The number of rotatable bonds is 9. The summed E-state index contributed by atoms with van der Waals surface area (Å²) in [6.45, 7) is 22.5. The van der Waals surface area contributed by atoms with E-state index in [4.69, 9.17) is 0 Å². The highest BCUT2D eigenvalue weighted by atomic mass is 15.1. The van der Waals surface area contributed by atoms with Crippen LogP contribution in [0, 0.1) is 23.7 Å². The van der Waals surface area contributed by atoms with Gasteiger partial charge in [-0.15, -0.1) is 0 Å². The van der Waals surface area contributed by atoms with Crippen molar-refractivity contribution in [1.82, 2.24) is 4.90 Å². The van der Waals surface area contributed by atoms with Gasteiger partial charge in [0.25, 0.3) is 0 Å². The van der Waals surface area contributed by atoms with Crippen LogP contribution in [0.25, 0.3) is 5.70 Å². The van der Waals surface area contributed by atoms with Crippen molar-refractivity contribution in [3.63, 3.8) is 0 Å². The maximum atomic E-state index is 4.51. The molecule has 1 fully saturated rings. The van der Waals surface area contributed by atoms with Crippen molar-refractivity contribution in [2.24, 2.45) is 23.7 Å². The van der Waals surface area contributed by atoms with Crippen LogP contribution in [0.1, 0.15) is 71.4 Å². The number of nitrogens with zero attached hydrogens (tertiary/aromatic N) is 1. The Morgan fingerprint density at radius 2 is 1.78 bits per heavy atom. The zero-order valence-corrected chi connectivity index (χ0v) is 18.4. The molecule has 0 bridgehead atoms. The van der Waals surface area contributed by atoms with Gasteiger partial charge in [-0.05, 0) is 68.8 Å². The SMILES string of the molecule is C=C(Cc1ccccc1C(=C)N(CC)CC)CC1CC(C)CCC1C(C)C. The second-order valence-corrected chi connectivity index (χ2v) is 8.99. The summed E-state index contributed by atoms with van der Waals surface area (Å²) in [5.74, 6) is 3.32. The lowest BCUT2D eigenvalue weighted by Crippen LogP contribution is -2.28. The molecule has 0 amide bonds. The van der Waals surface area contributed by atoms with Crippen LogP contribution in [0.3, 0.4) is 0 Å². The maximum absolute atomic E-state index is 4.51. The first-order valence-corrected chi connectivity index (χ1v) is 11.1. The van der Waals surface area contributed by atoms with E-state index in [-0.39, 0.29) is 0 Å². The lowest BCUT2D eigenvalue weighted by atomic mass is 9.68. The summed E-state index contributed by atoms with van der Waals surface area (Å²) >= 11 is 0. The summed E-state index contributed by atoms with van der Waals surface area (Å²) in [4.78, 5) is 2.35. The second-order valence-electron chi connectivity index (χ2n) is 8.99. The molecule has 0 radical (unpaired) electrons. The van der Waals surface area contributed by atoms with Crippen molar-refractivity contribution in [2.45, 2.75) is 66.7 Å². The molecule has 0 saturated heterocycles. The molecule has 150 valence electrons. The van der Waals surface area contributed by atoms with Crippen LogP contribution in [-0.4, -0.2) is 18.0 Å². The van der Waals surface area contributed by atoms with Gasteiger partial charge < -0.3 is 4.90 Å². The molecule has 0 aromatic heterocycles. The maximum Gasteiger partial charge on any atom is 0.0369 e. The fourth-order valence-electron chi connectivity index (χ4n) is 5.08. The van der Waals surface area contributed by atoms with E-state index in [1.165, 1.54) is 42.4 Å². The molecular formula is C26H41N. The third-order valence-corrected chi connectivity index (χ3v) is 6.62. The quantitative estimate of drug-likeness (QED) is 0.417. The van der Waals surface area contributed by atoms with Gasteiger partial charge in [0.15, 0.2) is 0 Å². The van der Waals surface area contributed by atoms with E-state index < -0.39 is 0 Å². The molecule has 1 aromatic rings. The van der Waals surface area contributed by atoms with Gasteiger partial charge in [-0.1, -0.05) is 70.2 Å². The van der Waals surface area contributed by atoms with Gasteiger partial charge in [-0.3, -0.25) is 0 Å². The molecule has 2 rings (SSSR count). The van der Waals surface area contributed by atoms with Crippen LogP contribution >= 0.6 is 0 Å². The summed E-state index contributed by atoms with van der Waals surface area (Å²) in [5, 5.41) is 0. The summed E-state index contributed by atoms with van der Waals surface area (Å²) in [6.07, 6.45) is 6.32. The molecule has 1 saturated carbocycles. The van der Waals surface area contributed by atoms with E-state index in [9.17, 15) is 0 Å². The fourth-order valence-corrected chi connectivity index (χ4v) is 5.08. The highest BCUT2D eigenvalue weighted by Gasteiger charge is 2.30. The zero-order chi connectivity index (χ0) is 20.0. The lowest BCUT2D eigenvalue weighted by molar-refractivity contribution is 0.143. The molecule has 0 aliphatic heterocycles. The van der Waals surface area contributed by atoms with Gasteiger partial charge in [0.05, 0.1) is 0 Å². The van der Waals surface area contributed by atoms with Crippen LogP contribution in [0.5, 0.6) is 0 Å². The molecule has 0 spiro atoms. The monoisotopic (exact) mass is 367 g/mol. The van der Waals surface area contributed by atoms with E-state index in [0.717, 1.165) is 48.9 Å². The smallest absolute Gasteiger partial charge is 0.0369 e. The zero-order valence-electron chi connectivity index (χ0n) is 18.4. The lowest BCUT2D eigenvalue weighted by Gasteiger charge is -2.38. The topological polar surface area (TPSA) is 3.24 Å². The van der Waals surface area contributed by atoms with Crippen molar-refractivity contribution in [2.75, 3.05) is 13.1 Å². The molecule has 0 heterocycles. The number of hydrogen-bond acceptors (Lipinski definition) is 1. The minimum atomic E-state index is 0.782. The van der Waals surface area contributed by atoms with Gasteiger partial charge in [0, 0.05) is 24.4 Å². The standard InChI is InChI=1S/C26H41N/c1-8-27(9-2)22(7)26-13-11-10-12-23(26)17-21(6)18-24-16-20(5)14-15-25(24)19(3)4/h10-13,19-20,24-25H,6-9,14-18H2,1-5H3. The average molecular weight is 368 g/mol. The largest absolute Gasteiger partial charge is 0.372 e. The van der Waals surface area contributed by atoms with Gasteiger partial charge in [0.2, 0.25) is 0 Å². The van der Waals surface area contributed by atoms with Crippen molar-refractivity contribution >= 4 is 5.70 Å². The Balaban J connectivity index is 2.10. The van der Waals surface area contributed by atoms with E-state index in [1.807, 2.05) is 0 Å². The number of benzene rings is 1.